The van der Waals surface area contributed by atoms with Gasteiger partial charge in [-0.2, -0.15) is 0 Å². The summed E-state index contributed by atoms with van der Waals surface area (Å²) in [6, 6.07) is 2.51. The number of ether oxygens (including phenoxy) is 1. The summed E-state index contributed by atoms with van der Waals surface area (Å²) in [4.78, 5) is 16.1. The van der Waals surface area contributed by atoms with Crippen molar-refractivity contribution in [2.75, 3.05) is 20.2 Å². The summed E-state index contributed by atoms with van der Waals surface area (Å²) in [6.07, 6.45) is 3.71. The maximum Gasteiger partial charge on any atom is 0.225 e. The molecule has 2 heterocycles. The molecule has 5 heteroatoms. The topological polar surface area (TPSA) is 55.6 Å². The van der Waals surface area contributed by atoms with Crippen molar-refractivity contribution >= 4 is 17.2 Å². The highest BCUT2D eigenvalue weighted by Crippen LogP contribution is 2.48. The second kappa shape index (κ2) is 5.84. The Labute approximate surface area is 123 Å². The Morgan fingerprint density at radius 1 is 1.60 bits per heavy atom. The van der Waals surface area contributed by atoms with Crippen LogP contribution in [0.1, 0.15) is 35.7 Å². The second-order valence-electron chi connectivity index (χ2n) is 5.72. The van der Waals surface area contributed by atoms with Gasteiger partial charge in [0.15, 0.2) is 0 Å². The molecular weight excluding hydrogens is 272 g/mol. The van der Waals surface area contributed by atoms with E-state index in [1.54, 1.807) is 7.11 Å². The van der Waals surface area contributed by atoms with E-state index in [0.29, 0.717) is 24.9 Å². The molecular formula is C15H22N2O2S. The van der Waals surface area contributed by atoms with Crippen LogP contribution in [0.25, 0.3) is 0 Å². The minimum Gasteiger partial charge on any atom is -0.380 e. The molecule has 110 valence electrons. The summed E-state index contributed by atoms with van der Waals surface area (Å²) < 4.78 is 5.26. The summed E-state index contributed by atoms with van der Waals surface area (Å²) in [7, 11) is 1.62. The average molecular weight is 294 g/mol. The van der Waals surface area contributed by atoms with Crippen molar-refractivity contribution in [3.05, 3.63) is 21.9 Å². The van der Waals surface area contributed by atoms with E-state index in [9.17, 15) is 4.79 Å². The van der Waals surface area contributed by atoms with Gasteiger partial charge in [-0.1, -0.05) is 0 Å². The molecule has 3 rings (SSSR count). The van der Waals surface area contributed by atoms with Crippen molar-refractivity contribution in [2.45, 2.75) is 37.8 Å². The van der Waals surface area contributed by atoms with E-state index >= 15 is 0 Å². The van der Waals surface area contributed by atoms with Crippen LogP contribution in [0.15, 0.2) is 11.4 Å². The molecule has 1 aliphatic heterocycles. The smallest absolute Gasteiger partial charge is 0.225 e. The highest BCUT2D eigenvalue weighted by atomic mass is 32.1. The van der Waals surface area contributed by atoms with E-state index in [4.69, 9.17) is 10.5 Å². The number of methoxy groups -OCH3 is 1. The van der Waals surface area contributed by atoms with E-state index < -0.39 is 0 Å². The molecule has 4 nitrogen and oxygen atoms in total. The lowest BCUT2D eigenvalue weighted by atomic mass is 9.95. The number of nitrogens with two attached hydrogens (primary N) is 1. The molecule has 1 aromatic rings. The van der Waals surface area contributed by atoms with Crippen molar-refractivity contribution in [2.24, 2.45) is 11.7 Å². The standard InChI is InChI=1S/C15H22N2O2S/c1-19-11(9-16)8-14(18)17-6-4-13-12(5-7-20-13)15(17)10-2-3-10/h5,7,10-11,15H,2-4,6,8-9,16H2,1H3. The third-order valence-corrected chi connectivity index (χ3v) is 5.40. The van der Waals surface area contributed by atoms with Gasteiger partial charge in [-0.15, -0.1) is 11.3 Å². The lowest BCUT2D eigenvalue weighted by molar-refractivity contribution is -0.137. The lowest BCUT2D eigenvalue weighted by Crippen LogP contribution is -2.42. The Hall–Kier alpha value is -0.910. The summed E-state index contributed by atoms with van der Waals surface area (Å²) in [5.41, 5.74) is 7.02. The molecule has 1 aromatic heterocycles. The summed E-state index contributed by atoms with van der Waals surface area (Å²) >= 11 is 1.83. The molecule has 2 aliphatic rings. The average Bonchev–Trinajstić information content (AvgIpc) is 3.19. The van der Waals surface area contributed by atoms with Crippen LogP contribution in [-0.2, 0) is 16.0 Å². The number of carbonyl (C=O) groups excluding carboxylic acids is 1. The second-order valence-corrected chi connectivity index (χ2v) is 6.72. The molecule has 20 heavy (non-hydrogen) atoms. The Kier molecular flexibility index (Phi) is 4.10. The number of carbonyl (C=O) groups is 1. The van der Waals surface area contributed by atoms with Crippen LogP contribution in [0.4, 0.5) is 0 Å². The van der Waals surface area contributed by atoms with E-state index in [2.05, 4.69) is 16.3 Å². The maximum atomic E-state index is 12.6. The minimum atomic E-state index is -0.161. The number of amides is 1. The first-order valence-electron chi connectivity index (χ1n) is 7.33. The molecule has 2 atom stereocenters. The number of hydrogen-bond donors (Lipinski definition) is 1. The van der Waals surface area contributed by atoms with Crippen LogP contribution in [0.2, 0.25) is 0 Å². The fraction of sp³-hybridized carbons (Fsp3) is 0.667. The number of hydrogen-bond acceptors (Lipinski definition) is 4. The predicted octanol–water partition coefficient (Wildman–Crippen LogP) is 1.95. The minimum absolute atomic E-state index is 0.161. The van der Waals surface area contributed by atoms with Crippen LogP contribution >= 0.6 is 11.3 Å². The van der Waals surface area contributed by atoms with Gasteiger partial charge < -0.3 is 15.4 Å². The molecule has 0 spiro atoms. The molecule has 1 fully saturated rings. The zero-order valence-electron chi connectivity index (χ0n) is 11.9. The van der Waals surface area contributed by atoms with Gasteiger partial charge in [0.25, 0.3) is 0 Å². The fourth-order valence-corrected chi connectivity index (χ4v) is 4.03. The van der Waals surface area contributed by atoms with Gasteiger partial charge in [-0.05, 0) is 42.2 Å². The molecule has 0 saturated heterocycles. The van der Waals surface area contributed by atoms with Crippen LogP contribution in [0.5, 0.6) is 0 Å². The van der Waals surface area contributed by atoms with E-state index in [1.807, 2.05) is 11.3 Å². The van der Waals surface area contributed by atoms with Gasteiger partial charge in [0.2, 0.25) is 5.91 Å². The number of fused-ring (bicyclic) bond motifs is 1. The molecule has 1 saturated carbocycles. The third-order valence-electron chi connectivity index (χ3n) is 4.40. The first kappa shape index (κ1) is 14.0. The Morgan fingerprint density at radius 3 is 3.05 bits per heavy atom. The molecule has 2 N–H and O–H groups in total. The SMILES string of the molecule is COC(CN)CC(=O)N1CCc2sccc2C1C1CC1. The van der Waals surface area contributed by atoms with Crippen molar-refractivity contribution in [3.8, 4) is 0 Å². The highest BCUT2D eigenvalue weighted by Gasteiger charge is 2.41. The fourth-order valence-electron chi connectivity index (χ4n) is 3.12. The van der Waals surface area contributed by atoms with Crippen molar-refractivity contribution in [1.82, 2.24) is 4.90 Å². The van der Waals surface area contributed by atoms with E-state index in [1.165, 1.54) is 23.3 Å². The maximum absolute atomic E-state index is 12.6. The molecule has 2 unspecified atom stereocenters. The Balaban J connectivity index is 1.77. The van der Waals surface area contributed by atoms with Crippen molar-refractivity contribution in [3.63, 3.8) is 0 Å². The molecule has 0 radical (unpaired) electrons. The molecule has 0 aromatic carbocycles. The van der Waals surface area contributed by atoms with E-state index in [-0.39, 0.29) is 12.0 Å². The van der Waals surface area contributed by atoms with Crippen LogP contribution in [-0.4, -0.2) is 37.1 Å². The molecule has 0 bridgehead atoms. The first-order valence-corrected chi connectivity index (χ1v) is 8.21. The van der Waals surface area contributed by atoms with E-state index in [0.717, 1.165) is 13.0 Å². The zero-order chi connectivity index (χ0) is 14.1. The largest absolute Gasteiger partial charge is 0.380 e. The van der Waals surface area contributed by atoms with Gasteiger partial charge in [0, 0.05) is 25.1 Å². The van der Waals surface area contributed by atoms with Crippen LogP contribution in [0, 0.1) is 5.92 Å². The highest BCUT2D eigenvalue weighted by molar-refractivity contribution is 7.10. The summed E-state index contributed by atoms with van der Waals surface area (Å²) in [6.45, 7) is 1.24. The van der Waals surface area contributed by atoms with Crippen molar-refractivity contribution in [1.29, 1.82) is 0 Å². The van der Waals surface area contributed by atoms with Gasteiger partial charge in [0.1, 0.15) is 0 Å². The third kappa shape index (κ3) is 2.62. The Bertz CT molecular complexity index is 480. The van der Waals surface area contributed by atoms with Crippen LogP contribution < -0.4 is 5.73 Å². The van der Waals surface area contributed by atoms with Gasteiger partial charge in [0.05, 0.1) is 18.6 Å². The monoisotopic (exact) mass is 294 g/mol. The summed E-state index contributed by atoms with van der Waals surface area (Å²) in [5, 5.41) is 2.16. The normalized spacial score (nSPS) is 23.5. The van der Waals surface area contributed by atoms with Gasteiger partial charge in [-0.3, -0.25) is 4.79 Å². The van der Waals surface area contributed by atoms with Crippen LogP contribution in [0.3, 0.4) is 0 Å². The quantitative estimate of drug-likeness (QED) is 0.903. The number of nitrogens with zero attached hydrogens (tertiary/aromatic N) is 1. The predicted molar refractivity (Wildman–Crippen MR) is 79.7 cm³/mol. The number of thiophene rings is 1. The van der Waals surface area contributed by atoms with Gasteiger partial charge >= 0.3 is 0 Å². The summed E-state index contributed by atoms with van der Waals surface area (Å²) in [5.74, 6) is 0.850. The zero-order valence-corrected chi connectivity index (χ0v) is 12.7. The lowest BCUT2D eigenvalue weighted by Gasteiger charge is -2.37. The Morgan fingerprint density at radius 2 is 2.40 bits per heavy atom. The van der Waals surface area contributed by atoms with Crippen molar-refractivity contribution < 1.29 is 9.53 Å². The molecule has 1 aliphatic carbocycles. The van der Waals surface area contributed by atoms with Gasteiger partial charge in [-0.25, -0.2) is 0 Å². The number of rotatable bonds is 5. The molecule has 1 amide bonds. The first-order chi connectivity index (χ1) is 9.74.